The zero-order valence-corrected chi connectivity index (χ0v) is 12.3. The van der Waals surface area contributed by atoms with Gasteiger partial charge in [0.2, 0.25) is 0 Å². The van der Waals surface area contributed by atoms with Gasteiger partial charge in [-0.25, -0.2) is 12.8 Å². The molecule has 0 radical (unpaired) electrons. The van der Waals surface area contributed by atoms with Crippen LogP contribution >= 0.6 is 0 Å². The van der Waals surface area contributed by atoms with Gasteiger partial charge >= 0.3 is 0 Å². The number of benzene rings is 2. The second-order valence-electron chi connectivity index (χ2n) is 4.81. The number of rotatable bonds is 5. The van der Waals surface area contributed by atoms with Crippen LogP contribution in [0.15, 0.2) is 59.5 Å². The largest absolute Gasteiger partial charge is 0.295 e. The number of aryl methyl sites for hydroxylation is 1. The predicted octanol–water partition coefficient (Wildman–Crippen LogP) is 3.05. The van der Waals surface area contributed by atoms with Crippen molar-refractivity contribution < 1.29 is 17.6 Å². The monoisotopic (exact) mass is 306 g/mol. The van der Waals surface area contributed by atoms with E-state index in [1.54, 1.807) is 30.3 Å². The van der Waals surface area contributed by atoms with E-state index in [4.69, 9.17) is 0 Å². The van der Waals surface area contributed by atoms with Crippen molar-refractivity contribution in [2.75, 3.05) is 5.75 Å². The Hall–Kier alpha value is -2.01. The topological polar surface area (TPSA) is 51.2 Å². The van der Waals surface area contributed by atoms with Crippen molar-refractivity contribution in [1.82, 2.24) is 0 Å². The first-order valence-electron chi connectivity index (χ1n) is 6.41. The third kappa shape index (κ3) is 3.76. The molecule has 1 unspecified atom stereocenters. The molecule has 0 aliphatic heterocycles. The van der Waals surface area contributed by atoms with Crippen molar-refractivity contribution in [1.29, 1.82) is 0 Å². The SMILES string of the molecule is Cc1ccc(S(=O)(=O)CC(=O)C(F)c2ccccc2)cc1. The van der Waals surface area contributed by atoms with Crippen molar-refractivity contribution in [3.8, 4) is 0 Å². The van der Waals surface area contributed by atoms with Gasteiger partial charge < -0.3 is 0 Å². The van der Waals surface area contributed by atoms with E-state index >= 15 is 0 Å². The molecule has 110 valence electrons. The molecule has 3 nitrogen and oxygen atoms in total. The van der Waals surface area contributed by atoms with Crippen molar-refractivity contribution in [3.05, 3.63) is 65.7 Å². The van der Waals surface area contributed by atoms with Crippen LogP contribution < -0.4 is 0 Å². The highest BCUT2D eigenvalue weighted by Gasteiger charge is 2.26. The number of ketones is 1. The number of hydrogen-bond donors (Lipinski definition) is 0. The zero-order chi connectivity index (χ0) is 15.5. The second-order valence-corrected chi connectivity index (χ2v) is 6.80. The van der Waals surface area contributed by atoms with E-state index in [0.717, 1.165) is 5.56 Å². The predicted molar refractivity (Wildman–Crippen MR) is 78.5 cm³/mol. The molecule has 21 heavy (non-hydrogen) atoms. The Balaban J connectivity index is 2.17. The lowest BCUT2D eigenvalue weighted by Gasteiger charge is -2.08. The summed E-state index contributed by atoms with van der Waals surface area (Å²) in [6.07, 6.45) is -1.92. The zero-order valence-electron chi connectivity index (χ0n) is 11.5. The van der Waals surface area contributed by atoms with E-state index in [2.05, 4.69) is 0 Å². The highest BCUT2D eigenvalue weighted by molar-refractivity contribution is 7.92. The van der Waals surface area contributed by atoms with Gasteiger partial charge in [0.1, 0.15) is 5.75 Å². The Morgan fingerprint density at radius 3 is 2.19 bits per heavy atom. The summed E-state index contributed by atoms with van der Waals surface area (Å²) in [5.74, 6) is -1.80. The minimum absolute atomic E-state index is 0.0294. The molecule has 2 rings (SSSR count). The second kappa shape index (κ2) is 6.18. The van der Waals surface area contributed by atoms with Crippen LogP contribution in [0.25, 0.3) is 0 Å². The molecule has 0 aliphatic carbocycles. The fraction of sp³-hybridized carbons (Fsp3) is 0.188. The molecule has 0 spiro atoms. The van der Waals surface area contributed by atoms with Crippen molar-refractivity contribution in [2.45, 2.75) is 18.0 Å². The number of halogens is 1. The number of carbonyl (C=O) groups is 1. The molecule has 0 bridgehead atoms. The van der Waals surface area contributed by atoms with Gasteiger partial charge in [0.15, 0.2) is 21.8 Å². The molecule has 0 N–H and O–H groups in total. The maximum absolute atomic E-state index is 14.0. The van der Waals surface area contributed by atoms with Crippen molar-refractivity contribution >= 4 is 15.6 Å². The molecule has 0 aromatic heterocycles. The average molecular weight is 306 g/mol. The lowest BCUT2D eigenvalue weighted by Crippen LogP contribution is -2.20. The van der Waals surface area contributed by atoms with Crippen molar-refractivity contribution in [2.24, 2.45) is 0 Å². The van der Waals surface area contributed by atoms with E-state index in [1.165, 1.54) is 24.3 Å². The number of Topliss-reactive ketones (excluding diaryl/α,β-unsaturated/α-hetero) is 1. The summed E-state index contributed by atoms with van der Waals surface area (Å²) in [6.45, 7) is 1.83. The lowest BCUT2D eigenvalue weighted by molar-refractivity contribution is -0.121. The third-order valence-electron chi connectivity index (χ3n) is 3.09. The van der Waals surface area contributed by atoms with Gasteiger partial charge in [-0.3, -0.25) is 4.79 Å². The van der Waals surface area contributed by atoms with Gasteiger partial charge in [-0.2, -0.15) is 0 Å². The fourth-order valence-electron chi connectivity index (χ4n) is 1.90. The van der Waals surface area contributed by atoms with Gasteiger partial charge in [-0.05, 0) is 24.6 Å². The van der Waals surface area contributed by atoms with Gasteiger partial charge in [0.05, 0.1) is 4.90 Å². The Bertz CT molecular complexity index is 722. The highest BCUT2D eigenvalue weighted by Crippen LogP contribution is 2.21. The normalized spacial score (nSPS) is 12.9. The van der Waals surface area contributed by atoms with Crippen molar-refractivity contribution in [3.63, 3.8) is 0 Å². The summed E-state index contributed by atoms with van der Waals surface area (Å²) in [5, 5.41) is 0. The Kier molecular flexibility index (Phi) is 4.53. The summed E-state index contributed by atoms with van der Waals surface area (Å²) in [5.41, 5.74) is 1.08. The van der Waals surface area contributed by atoms with E-state index in [9.17, 15) is 17.6 Å². The molecule has 0 amide bonds. The number of alkyl halides is 1. The first kappa shape index (κ1) is 15.4. The molecule has 0 fully saturated rings. The summed E-state index contributed by atoms with van der Waals surface area (Å²) < 4.78 is 38.2. The van der Waals surface area contributed by atoms with E-state index in [0.29, 0.717) is 0 Å². The molecule has 1 atom stereocenters. The van der Waals surface area contributed by atoms with Gasteiger partial charge in [0.25, 0.3) is 0 Å². The maximum atomic E-state index is 14.0. The van der Waals surface area contributed by atoms with Gasteiger partial charge in [0, 0.05) is 0 Å². The van der Waals surface area contributed by atoms with Crippen LogP contribution in [0.4, 0.5) is 4.39 Å². The Morgan fingerprint density at radius 2 is 1.62 bits per heavy atom. The van der Waals surface area contributed by atoms with Crippen LogP contribution in [-0.2, 0) is 14.6 Å². The first-order valence-corrected chi connectivity index (χ1v) is 8.06. The summed E-state index contributed by atoms with van der Waals surface area (Å²) in [6, 6.07) is 13.9. The quantitative estimate of drug-likeness (QED) is 0.853. The summed E-state index contributed by atoms with van der Waals surface area (Å²) in [4.78, 5) is 11.9. The molecule has 0 heterocycles. The molecule has 0 saturated heterocycles. The molecular formula is C16H15FO3S. The van der Waals surface area contributed by atoms with E-state index in [-0.39, 0.29) is 10.5 Å². The third-order valence-corrected chi connectivity index (χ3v) is 4.74. The highest BCUT2D eigenvalue weighted by atomic mass is 32.2. The average Bonchev–Trinajstić information content (AvgIpc) is 2.47. The number of carbonyl (C=O) groups excluding carboxylic acids is 1. The van der Waals surface area contributed by atoms with Crippen LogP contribution in [0.1, 0.15) is 17.3 Å². The lowest BCUT2D eigenvalue weighted by atomic mass is 10.1. The minimum Gasteiger partial charge on any atom is -0.295 e. The molecule has 2 aromatic rings. The maximum Gasteiger partial charge on any atom is 0.186 e. The van der Waals surface area contributed by atoms with Crippen LogP contribution in [0, 0.1) is 6.92 Å². The Morgan fingerprint density at radius 1 is 1.05 bits per heavy atom. The fourth-order valence-corrected chi connectivity index (χ4v) is 3.14. The standard InChI is InChI=1S/C16H15FO3S/c1-12-7-9-14(10-8-12)21(19,20)11-15(18)16(17)13-5-3-2-4-6-13/h2-10,16H,11H2,1H3. The van der Waals surface area contributed by atoms with Crippen LogP contribution in [0.3, 0.4) is 0 Å². The molecular weight excluding hydrogens is 291 g/mol. The molecule has 5 heteroatoms. The van der Waals surface area contributed by atoms with Crippen LogP contribution in [0.2, 0.25) is 0 Å². The number of hydrogen-bond acceptors (Lipinski definition) is 3. The number of sulfone groups is 1. The molecule has 2 aromatic carbocycles. The smallest absolute Gasteiger partial charge is 0.186 e. The Labute approximate surface area is 123 Å². The molecule has 0 aliphatic rings. The van der Waals surface area contributed by atoms with Gasteiger partial charge in [-0.1, -0.05) is 48.0 Å². The summed E-state index contributed by atoms with van der Waals surface area (Å²) >= 11 is 0. The van der Waals surface area contributed by atoms with Crippen LogP contribution in [-0.4, -0.2) is 20.0 Å². The minimum atomic E-state index is -3.82. The van der Waals surface area contributed by atoms with Crippen LogP contribution in [0.5, 0.6) is 0 Å². The molecule has 0 saturated carbocycles. The van der Waals surface area contributed by atoms with E-state index < -0.39 is 27.5 Å². The van der Waals surface area contributed by atoms with Gasteiger partial charge in [-0.15, -0.1) is 0 Å². The van der Waals surface area contributed by atoms with E-state index in [1.807, 2.05) is 6.92 Å². The first-order chi connectivity index (χ1) is 9.90. The summed E-state index contributed by atoms with van der Waals surface area (Å²) in [7, 11) is -3.82.